The Morgan fingerprint density at radius 3 is 2.35 bits per heavy atom. The molecule has 3 amide bonds. The highest BCUT2D eigenvalue weighted by molar-refractivity contribution is 6.34. The third-order valence-corrected chi connectivity index (χ3v) is 2.83. The second-order valence-corrected chi connectivity index (χ2v) is 4.31. The molecule has 5 nitrogen and oxygen atoms in total. The topological polar surface area (TPSA) is 78.4 Å². The van der Waals surface area contributed by atoms with Gasteiger partial charge in [0.15, 0.2) is 0 Å². The molecule has 102 valence electrons. The van der Waals surface area contributed by atoms with Crippen LogP contribution in [0, 0.1) is 0 Å². The van der Waals surface area contributed by atoms with Gasteiger partial charge in [0.2, 0.25) is 0 Å². The molecule has 0 aliphatic rings. The summed E-state index contributed by atoms with van der Waals surface area (Å²) in [6, 6.07) is 11.8. The van der Waals surface area contributed by atoms with Crippen molar-refractivity contribution in [2.45, 2.75) is 0 Å². The summed E-state index contributed by atoms with van der Waals surface area (Å²) in [5.74, 6) is -0.712. The summed E-state index contributed by atoms with van der Waals surface area (Å²) in [7, 11) is 0. The molecular weight excluding hydrogens is 280 g/mol. The molecule has 0 atom stereocenters. The number of rotatable bonds is 2. The Bertz CT molecular complexity index is 658. The van der Waals surface area contributed by atoms with Gasteiger partial charge in [0.25, 0.3) is 5.91 Å². The first-order valence-electron chi connectivity index (χ1n) is 5.73. The maximum Gasteiger partial charge on any atom is 0.326 e. The quantitative estimate of drug-likeness (QED) is 0.744. The lowest BCUT2D eigenvalue weighted by atomic mass is 10.2. The number of carbonyl (C=O) groups excluding carboxylic acids is 2. The molecule has 0 fully saturated rings. The van der Waals surface area contributed by atoms with Gasteiger partial charge in [-0.2, -0.15) is 0 Å². The van der Waals surface area contributed by atoms with E-state index in [1.165, 1.54) is 18.2 Å². The molecule has 3 N–H and O–H groups in total. The van der Waals surface area contributed by atoms with Crippen LogP contribution in [0.2, 0.25) is 5.02 Å². The van der Waals surface area contributed by atoms with Gasteiger partial charge < -0.3 is 10.4 Å². The van der Waals surface area contributed by atoms with E-state index in [4.69, 9.17) is 11.6 Å². The van der Waals surface area contributed by atoms with Gasteiger partial charge >= 0.3 is 6.03 Å². The third-order valence-electron chi connectivity index (χ3n) is 2.50. The average Bonchev–Trinajstić information content (AvgIpc) is 2.41. The molecule has 0 spiro atoms. The molecule has 0 aliphatic carbocycles. The number of aromatic hydroxyl groups is 1. The van der Waals surface area contributed by atoms with Crippen molar-refractivity contribution in [2.24, 2.45) is 0 Å². The zero-order valence-corrected chi connectivity index (χ0v) is 11.0. The Morgan fingerprint density at radius 1 is 1.00 bits per heavy atom. The molecular formula is C14H11ClN2O3. The van der Waals surface area contributed by atoms with Gasteiger partial charge in [-0.05, 0) is 24.3 Å². The number of nitrogens with one attached hydrogen (secondary N) is 2. The average molecular weight is 291 g/mol. The van der Waals surface area contributed by atoms with E-state index in [0.717, 1.165) is 0 Å². The standard InChI is InChI=1S/C14H11ClN2O3/c15-10-6-2-1-5-9(10)13(19)17-14(20)16-11-7-3-4-8-12(11)18/h1-8,18H,(H2,16,17,19,20). The van der Waals surface area contributed by atoms with Crippen molar-refractivity contribution >= 4 is 29.2 Å². The predicted molar refractivity (Wildman–Crippen MR) is 76.0 cm³/mol. The minimum Gasteiger partial charge on any atom is -0.506 e. The molecule has 0 bridgehead atoms. The summed E-state index contributed by atoms with van der Waals surface area (Å²) in [6.45, 7) is 0. The smallest absolute Gasteiger partial charge is 0.326 e. The van der Waals surface area contributed by atoms with Gasteiger partial charge in [-0.15, -0.1) is 0 Å². The van der Waals surface area contributed by atoms with Crippen LogP contribution in [0.4, 0.5) is 10.5 Å². The fourth-order valence-corrected chi connectivity index (χ4v) is 1.77. The molecule has 0 aliphatic heterocycles. The first kappa shape index (κ1) is 13.9. The van der Waals surface area contributed by atoms with E-state index in [1.807, 2.05) is 0 Å². The van der Waals surface area contributed by atoms with Crippen molar-refractivity contribution in [3.63, 3.8) is 0 Å². The molecule has 0 saturated heterocycles. The Kier molecular flexibility index (Phi) is 4.22. The van der Waals surface area contributed by atoms with Gasteiger partial charge in [-0.3, -0.25) is 10.1 Å². The lowest BCUT2D eigenvalue weighted by Gasteiger charge is -2.08. The minimum absolute atomic E-state index is 0.0900. The van der Waals surface area contributed by atoms with Crippen molar-refractivity contribution < 1.29 is 14.7 Å². The molecule has 0 radical (unpaired) electrons. The number of phenolic OH excluding ortho intramolecular Hbond substituents is 1. The Hall–Kier alpha value is -2.53. The van der Waals surface area contributed by atoms with Crippen LogP contribution in [-0.4, -0.2) is 17.0 Å². The number of halogens is 1. The normalized spacial score (nSPS) is 9.85. The molecule has 0 unspecified atom stereocenters. The monoisotopic (exact) mass is 290 g/mol. The van der Waals surface area contributed by atoms with E-state index in [0.29, 0.717) is 0 Å². The second-order valence-electron chi connectivity index (χ2n) is 3.91. The molecule has 6 heteroatoms. The number of amides is 3. The molecule has 20 heavy (non-hydrogen) atoms. The Balaban J connectivity index is 2.04. The highest BCUT2D eigenvalue weighted by atomic mass is 35.5. The molecule has 0 heterocycles. The number of hydrogen-bond donors (Lipinski definition) is 3. The maximum atomic E-state index is 11.8. The summed E-state index contributed by atoms with van der Waals surface area (Å²) < 4.78 is 0. The van der Waals surface area contributed by atoms with Gasteiger partial charge in [0, 0.05) is 0 Å². The van der Waals surface area contributed by atoms with Crippen molar-refractivity contribution in [1.29, 1.82) is 0 Å². The minimum atomic E-state index is -0.753. The molecule has 2 aromatic carbocycles. The number of hydrogen-bond acceptors (Lipinski definition) is 3. The number of carbonyl (C=O) groups is 2. The van der Waals surface area contributed by atoms with Crippen LogP contribution in [0.3, 0.4) is 0 Å². The van der Waals surface area contributed by atoms with Crippen LogP contribution in [0.15, 0.2) is 48.5 Å². The molecule has 0 aromatic heterocycles. The van der Waals surface area contributed by atoms with Crippen LogP contribution in [-0.2, 0) is 0 Å². The van der Waals surface area contributed by atoms with Gasteiger partial charge in [0.1, 0.15) is 5.75 Å². The lowest BCUT2D eigenvalue weighted by Crippen LogP contribution is -2.34. The summed E-state index contributed by atoms with van der Waals surface area (Å²) in [5, 5.41) is 14.3. The summed E-state index contributed by atoms with van der Waals surface area (Å²) in [6.07, 6.45) is 0. The van der Waals surface area contributed by atoms with E-state index in [2.05, 4.69) is 10.6 Å². The number of para-hydroxylation sites is 2. The maximum absolute atomic E-state index is 11.8. The van der Waals surface area contributed by atoms with Crippen molar-refractivity contribution in [1.82, 2.24) is 5.32 Å². The predicted octanol–water partition coefficient (Wildman–Crippen LogP) is 3.01. The Labute approximate surface area is 120 Å². The van der Waals surface area contributed by atoms with E-state index in [9.17, 15) is 14.7 Å². The first-order chi connectivity index (χ1) is 9.58. The molecule has 0 saturated carbocycles. The second kappa shape index (κ2) is 6.08. The van der Waals surface area contributed by atoms with Crippen LogP contribution in [0.25, 0.3) is 0 Å². The Morgan fingerprint density at radius 2 is 1.65 bits per heavy atom. The van der Waals surface area contributed by atoms with Gasteiger partial charge in [-0.25, -0.2) is 4.79 Å². The van der Waals surface area contributed by atoms with Gasteiger partial charge in [-0.1, -0.05) is 35.9 Å². The summed E-state index contributed by atoms with van der Waals surface area (Å²) >= 11 is 5.86. The number of anilines is 1. The van der Waals surface area contributed by atoms with Crippen molar-refractivity contribution in [3.8, 4) is 5.75 Å². The van der Waals surface area contributed by atoms with Crippen LogP contribution in [0.1, 0.15) is 10.4 Å². The summed E-state index contributed by atoms with van der Waals surface area (Å²) in [5.41, 5.74) is 0.401. The van der Waals surface area contributed by atoms with E-state index in [-0.39, 0.29) is 22.0 Å². The third kappa shape index (κ3) is 3.27. The zero-order valence-electron chi connectivity index (χ0n) is 10.3. The highest BCUT2D eigenvalue weighted by Gasteiger charge is 2.13. The number of imide groups is 1. The number of phenols is 1. The van der Waals surface area contributed by atoms with E-state index < -0.39 is 11.9 Å². The van der Waals surface area contributed by atoms with Crippen molar-refractivity contribution in [2.75, 3.05) is 5.32 Å². The molecule has 2 aromatic rings. The van der Waals surface area contributed by atoms with E-state index in [1.54, 1.807) is 30.3 Å². The fourth-order valence-electron chi connectivity index (χ4n) is 1.55. The highest BCUT2D eigenvalue weighted by Crippen LogP contribution is 2.21. The number of urea groups is 1. The lowest BCUT2D eigenvalue weighted by molar-refractivity contribution is 0.0967. The SMILES string of the molecule is O=C(NC(=O)c1ccccc1Cl)Nc1ccccc1O. The van der Waals surface area contributed by atoms with Crippen LogP contribution >= 0.6 is 11.6 Å². The molecule has 2 rings (SSSR count). The van der Waals surface area contributed by atoms with E-state index >= 15 is 0 Å². The number of benzene rings is 2. The fraction of sp³-hybridized carbons (Fsp3) is 0. The van der Waals surface area contributed by atoms with Crippen LogP contribution in [0.5, 0.6) is 5.75 Å². The van der Waals surface area contributed by atoms with Gasteiger partial charge in [0.05, 0.1) is 16.3 Å². The largest absolute Gasteiger partial charge is 0.506 e. The van der Waals surface area contributed by atoms with Crippen LogP contribution < -0.4 is 10.6 Å². The zero-order chi connectivity index (χ0) is 14.5. The van der Waals surface area contributed by atoms with Crippen molar-refractivity contribution in [3.05, 3.63) is 59.1 Å². The first-order valence-corrected chi connectivity index (χ1v) is 6.10. The summed E-state index contributed by atoms with van der Waals surface area (Å²) in [4.78, 5) is 23.5.